The van der Waals surface area contributed by atoms with E-state index in [1.165, 1.54) is 116 Å². The molecule has 2 bridgehead atoms. The summed E-state index contributed by atoms with van der Waals surface area (Å²) in [6, 6.07) is 1.67. The zero-order valence-corrected chi connectivity index (χ0v) is 18.0. The van der Waals surface area contributed by atoms with Crippen LogP contribution in [-0.4, -0.2) is 36.2 Å². The smallest absolute Gasteiger partial charge is 0.0604 e. The fraction of sp³-hybridized carbons (Fsp3) is 1.00. The number of rotatable bonds is 16. The number of hydrogen-bond donors (Lipinski definition) is 0. The number of fused-ring (bicyclic) bond motifs is 2. The van der Waals surface area contributed by atoms with Gasteiger partial charge in [-0.05, 0) is 45.1 Å². The Bertz CT molecular complexity index is 318. The summed E-state index contributed by atoms with van der Waals surface area (Å²) in [5.41, 5.74) is 0. The average Bonchev–Trinajstić information content (AvgIpc) is 2.88. The van der Waals surface area contributed by atoms with Crippen molar-refractivity contribution in [2.75, 3.05) is 13.2 Å². The van der Waals surface area contributed by atoms with E-state index in [-0.39, 0.29) is 0 Å². The molecule has 0 aliphatic carbocycles. The van der Waals surface area contributed by atoms with Crippen molar-refractivity contribution in [3.63, 3.8) is 0 Å². The van der Waals surface area contributed by atoms with Gasteiger partial charge in [0.05, 0.1) is 6.10 Å². The van der Waals surface area contributed by atoms with E-state index < -0.39 is 0 Å². The monoisotopic (exact) mass is 365 g/mol. The number of nitrogens with zero attached hydrogens (tertiary/aromatic N) is 1. The van der Waals surface area contributed by atoms with Crippen LogP contribution < -0.4 is 0 Å². The van der Waals surface area contributed by atoms with Crippen molar-refractivity contribution in [1.82, 2.24) is 4.90 Å². The van der Waals surface area contributed by atoms with Crippen LogP contribution in [0.4, 0.5) is 0 Å². The quantitative estimate of drug-likeness (QED) is 0.270. The Morgan fingerprint density at radius 3 is 1.65 bits per heavy atom. The highest BCUT2D eigenvalue weighted by molar-refractivity contribution is 4.95. The van der Waals surface area contributed by atoms with Crippen LogP contribution in [0.1, 0.15) is 123 Å². The summed E-state index contributed by atoms with van der Waals surface area (Å²) in [5.74, 6) is 0. The molecular formula is C24H47NO. The Morgan fingerprint density at radius 1 is 0.654 bits per heavy atom. The normalized spacial score (nSPS) is 25.8. The minimum Gasteiger partial charge on any atom is -0.378 e. The SMILES string of the molecule is CCCCCCCCCCCCCCOC1CC2CCC(C1)N2CCC. The van der Waals surface area contributed by atoms with E-state index in [1.807, 2.05) is 0 Å². The van der Waals surface area contributed by atoms with Gasteiger partial charge >= 0.3 is 0 Å². The molecule has 2 unspecified atom stereocenters. The molecule has 0 aromatic carbocycles. The average molecular weight is 366 g/mol. The van der Waals surface area contributed by atoms with Crippen LogP contribution in [0, 0.1) is 0 Å². The molecule has 0 spiro atoms. The highest BCUT2D eigenvalue weighted by Gasteiger charge is 2.40. The van der Waals surface area contributed by atoms with Gasteiger partial charge in [-0.2, -0.15) is 0 Å². The van der Waals surface area contributed by atoms with E-state index >= 15 is 0 Å². The van der Waals surface area contributed by atoms with Crippen LogP contribution >= 0.6 is 0 Å². The van der Waals surface area contributed by atoms with Crippen molar-refractivity contribution in [3.8, 4) is 0 Å². The summed E-state index contributed by atoms with van der Waals surface area (Å²) in [4.78, 5) is 2.78. The zero-order valence-electron chi connectivity index (χ0n) is 18.0. The molecule has 2 rings (SSSR count). The lowest BCUT2D eigenvalue weighted by Gasteiger charge is -2.38. The molecule has 2 aliphatic rings. The summed E-state index contributed by atoms with van der Waals surface area (Å²) >= 11 is 0. The number of piperidine rings is 1. The van der Waals surface area contributed by atoms with Crippen LogP contribution in [0.2, 0.25) is 0 Å². The van der Waals surface area contributed by atoms with Gasteiger partial charge in [0.2, 0.25) is 0 Å². The second kappa shape index (κ2) is 14.0. The fourth-order valence-corrected chi connectivity index (χ4v) is 5.18. The van der Waals surface area contributed by atoms with Gasteiger partial charge in [-0.15, -0.1) is 0 Å². The Hall–Kier alpha value is -0.0800. The molecule has 2 atom stereocenters. The minimum atomic E-state index is 0.563. The molecule has 0 amide bonds. The minimum absolute atomic E-state index is 0.563. The highest BCUT2D eigenvalue weighted by Crippen LogP contribution is 2.36. The number of ether oxygens (including phenoxy) is 1. The molecule has 2 heteroatoms. The first-order chi connectivity index (χ1) is 12.8. The third kappa shape index (κ3) is 8.30. The van der Waals surface area contributed by atoms with Crippen molar-refractivity contribution < 1.29 is 4.74 Å². The topological polar surface area (TPSA) is 12.5 Å². The standard InChI is InChI=1S/C24H47NO/c1-3-5-6-7-8-9-10-11-12-13-14-15-19-26-24-20-22-16-17-23(21-24)25(22)18-4-2/h22-24H,3-21H2,1-2H3. The van der Waals surface area contributed by atoms with E-state index in [4.69, 9.17) is 4.74 Å². The Morgan fingerprint density at radius 2 is 1.15 bits per heavy atom. The van der Waals surface area contributed by atoms with Gasteiger partial charge in [0.25, 0.3) is 0 Å². The maximum atomic E-state index is 6.26. The van der Waals surface area contributed by atoms with E-state index in [0.717, 1.165) is 18.7 Å². The molecule has 0 radical (unpaired) electrons. The predicted octanol–water partition coefficient (Wildman–Crippen LogP) is 7.11. The first-order valence-electron chi connectivity index (χ1n) is 12.2. The summed E-state index contributed by atoms with van der Waals surface area (Å²) < 4.78 is 6.26. The number of hydrogen-bond acceptors (Lipinski definition) is 2. The summed E-state index contributed by atoms with van der Waals surface area (Å²) in [5, 5.41) is 0. The van der Waals surface area contributed by atoms with E-state index in [0.29, 0.717) is 6.10 Å². The van der Waals surface area contributed by atoms with Gasteiger partial charge in [0.15, 0.2) is 0 Å². The van der Waals surface area contributed by atoms with E-state index in [1.54, 1.807) is 0 Å². The maximum Gasteiger partial charge on any atom is 0.0604 e. The van der Waals surface area contributed by atoms with Gasteiger partial charge in [-0.1, -0.05) is 84.5 Å². The molecule has 154 valence electrons. The fourth-order valence-electron chi connectivity index (χ4n) is 5.18. The van der Waals surface area contributed by atoms with Crippen molar-refractivity contribution >= 4 is 0 Å². The van der Waals surface area contributed by atoms with Crippen LogP contribution in [0.5, 0.6) is 0 Å². The van der Waals surface area contributed by atoms with Crippen LogP contribution in [0.25, 0.3) is 0 Å². The summed E-state index contributed by atoms with van der Waals surface area (Å²) in [6.45, 7) is 6.93. The van der Waals surface area contributed by atoms with Gasteiger partial charge in [-0.3, -0.25) is 4.90 Å². The molecule has 0 aromatic heterocycles. The summed E-state index contributed by atoms with van der Waals surface area (Å²) in [6.07, 6.45) is 24.4. The lowest BCUT2D eigenvalue weighted by molar-refractivity contribution is -0.0209. The van der Waals surface area contributed by atoms with E-state index in [9.17, 15) is 0 Å². The Labute approximate surface area is 164 Å². The lowest BCUT2D eigenvalue weighted by atomic mass is 9.99. The van der Waals surface area contributed by atoms with Crippen LogP contribution in [-0.2, 0) is 4.74 Å². The third-order valence-corrected chi connectivity index (χ3v) is 6.67. The molecule has 0 N–H and O–H groups in total. The van der Waals surface area contributed by atoms with Crippen molar-refractivity contribution in [1.29, 1.82) is 0 Å². The van der Waals surface area contributed by atoms with Gasteiger partial charge in [0, 0.05) is 18.7 Å². The molecular weight excluding hydrogens is 318 g/mol. The molecule has 2 fully saturated rings. The Kier molecular flexibility index (Phi) is 12.0. The largest absolute Gasteiger partial charge is 0.378 e. The molecule has 2 heterocycles. The first-order valence-corrected chi connectivity index (χ1v) is 12.2. The van der Waals surface area contributed by atoms with Gasteiger partial charge in [-0.25, -0.2) is 0 Å². The van der Waals surface area contributed by atoms with Crippen molar-refractivity contribution in [2.24, 2.45) is 0 Å². The third-order valence-electron chi connectivity index (χ3n) is 6.67. The van der Waals surface area contributed by atoms with Crippen molar-refractivity contribution in [3.05, 3.63) is 0 Å². The van der Waals surface area contributed by atoms with Crippen LogP contribution in [0.3, 0.4) is 0 Å². The predicted molar refractivity (Wildman–Crippen MR) is 114 cm³/mol. The molecule has 2 nitrogen and oxygen atoms in total. The molecule has 2 saturated heterocycles. The van der Waals surface area contributed by atoms with Crippen molar-refractivity contribution in [2.45, 2.75) is 141 Å². The second-order valence-corrected chi connectivity index (χ2v) is 8.98. The maximum absolute atomic E-state index is 6.26. The second-order valence-electron chi connectivity index (χ2n) is 8.98. The van der Waals surface area contributed by atoms with Crippen LogP contribution in [0.15, 0.2) is 0 Å². The molecule has 0 aromatic rings. The zero-order chi connectivity index (χ0) is 18.5. The molecule has 0 saturated carbocycles. The number of unbranched alkanes of at least 4 members (excludes halogenated alkanes) is 11. The Balaban J connectivity index is 1.36. The lowest BCUT2D eigenvalue weighted by Crippen LogP contribution is -2.45. The molecule has 2 aliphatic heterocycles. The molecule has 26 heavy (non-hydrogen) atoms. The summed E-state index contributed by atoms with van der Waals surface area (Å²) in [7, 11) is 0. The van der Waals surface area contributed by atoms with Gasteiger partial charge in [0.1, 0.15) is 0 Å². The van der Waals surface area contributed by atoms with Gasteiger partial charge < -0.3 is 4.74 Å². The highest BCUT2D eigenvalue weighted by atomic mass is 16.5. The van der Waals surface area contributed by atoms with E-state index in [2.05, 4.69) is 18.7 Å². The first kappa shape index (κ1) is 22.2.